The summed E-state index contributed by atoms with van der Waals surface area (Å²) in [6.07, 6.45) is 0.315. The lowest BCUT2D eigenvalue weighted by molar-refractivity contribution is -0.209. The van der Waals surface area contributed by atoms with Crippen molar-refractivity contribution in [2.24, 2.45) is 11.8 Å². The summed E-state index contributed by atoms with van der Waals surface area (Å²) in [5.74, 6) is -3.52. The van der Waals surface area contributed by atoms with E-state index in [2.05, 4.69) is 10.1 Å². The Hall–Kier alpha value is -3.75. The molecule has 4 aliphatic rings. The second-order valence-electron chi connectivity index (χ2n) is 13.9. The smallest absolute Gasteiger partial charge is 0.422 e. The van der Waals surface area contributed by atoms with Crippen molar-refractivity contribution in [3.63, 3.8) is 0 Å². The predicted molar refractivity (Wildman–Crippen MR) is 166 cm³/mol. The molecule has 49 heavy (non-hydrogen) atoms. The van der Waals surface area contributed by atoms with Crippen molar-refractivity contribution >= 4 is 29.9 Å². The molecule has 0 radical (unpaired) electrons. The summed E-state index contributed by atoms with van der Waals surface area (Å²) < 4.78 is 66.0. The van der Waals surface area contributed by atoms with Crippen molar-refractivity contribution < 1.29 is 61.1 Å². The van der Waals surface area contributed by atoms with E-state index in [9.17, 15) is 37.5 Å². The van der Waals surface area contributed by atoms with Gasteiger partial charge in [0.25, 0.3) is 0 Å². The van der Waals surface area contributed by atoms with Crippen LogP contribution in [0.4, 0.5) is 13.2 Å². The van der Waals surface area contributed by atoms with E-state index in [1.54, 1.807) is 39.0 Å². The van der Waals surface area contributed by atoms with Crippen LogP contribution in [0.25, 0.3) is 6.08 Å². The van der Waals surface area contributed by atoms with Crippen molar-refractivity contribution in [1.29, 1.82) is 0 Å². The number of aliphatic hydroxyl groups is 1. The minimum atomic E-state index is -4.69. The summed E-state index contributed by atoms with van der Waals surface area (Å²) in [7, 11) is 0. The van der Waals surface area contributed by atoms with E-state index < -0.39 is 78.9 Å². The molecule has 2 N–H and O–H groups in total. The fourth-order valence-electron chi connectivity index (χ4n) is 6.13. The van der Waals surface area contributed by atoms with Gasteiger partial charge in [-0.15, -0.1) is 0 Å². The zero-order valence-corrected chi connectivity index (χ0v) is 27.6. The van der Waals surface area contributed by atoms with Gasteiger partial charge in [-0.05, 0) is 76.7 Å². The molecule has 1 aromatic rings. The van der Waals surface area contributed by atoms with Crippen molar-refractivity contribution in [2.45, 2.75) is 108 Å². The van der Waals surface area contributed by atoms with Crippen molar-refractivity contribution in [1.82, 2.24) is 5.32 Å². The zero-order valence-electron chi connectivity index (χ0n) is 27.6. The number of fused-ring (bicyclic) bond motifs is 1. The van der Waals surface area contributed by atoms with Gasteiger partial charge >= 0.3 is 24.1 Å². The number of carbonyl (C=O) groups excluding carboxylic acids is 4. The summed E-state index contributed by atoms with van der Waals surface area (Å²) in [6, 6.07) is 5.31. The first-order chi connectivity index (χ1) is 23.1. The van der Waals surface area contributed by atoms with E-state index in [1.165, 1.54) is 12.1 Å². The van der Waals surface area contributed by atoms with Crippen molar-refractivity contribution in [2.75, 3.05) is 13.2 Å². The molecule has 0 bridgehead atoms. The number of esters is 3. The summed E-state index contributed by atoms with van der Waals surface area (Å²) in [4.78, 5) is 51.2. The second kappa shape index (κ2) is 14.6. The Bertz CT molecular complexity index is 1460. The van der Waals surface area contributed by atoms with E-state index in [1.807, 2.05) is 0 Å². The van der Waals surface area contributed by atoms with Gasteiger partial charge in [-0.2, -0.15) is 13.2 Å². The lowest BCUT2D eigenvalue weighted by Crippen LogP contribution is -2.45. The molecule has 11 nitrogen and oxygen atoms in total. The number of nitrogens with one attached hydrogen (secondary N) is 1. The van der Waals surface area contributed by atoms with Crippen LogP contribution < -0.4 is 5.32 Å². The molecule has 5 rings (SSSR count). The number of rotatable bonds is 13. The number of carbonyl (C=O) groups is 4. The van der Waals surface area contributed by atoms with Gasteiger partial charge in [-0.3, -0.25) is 9.59 Å². The minimum Gasteiger partial charge on any atom is -0.460 e. The highest BCUT2D eigenvalue weighted by molar-refractivity contribution is 5.96. The molecule has 14 heteroatoms. The van der Waals surface area contributed by atoms with Gasteiger partial charge in [0.05, 0.1) is 18.2 Å². The number of hydrogen-bond donors (Lipinski definition) is 2. The molecular weight excluding hydrogens is 651 g/mol. The third kappa shape index (κ3) is 9.70. The molecule has 1 saturated heterocycles. The van der Waals surface area contributed by atoms with Gasteiger partial charge in [0.2, 0.25) is 5.91 Å². The highest BCUT2D eigenvalue weighted by atomic mass is 19.4. The largest absolute Gasteiger partial charge is 0.460 e. The fraction of sp³-hybridized carbons (Fsp3) is 0.600. The second-order valence-corrected chi connectivity index (χ2v) is 13.9. The first-order valence-corrected chi connectivity index (χ1v) is 16.5. The van der Waals surface area contributed by atoms with Crippen LogP contribution in [-0.2, 0) is 38.1 Å². The highest BCUT2D eigenvalue weighted by Crippen LogP contribution is 2.59. The fourth-order valence-corrected chi connectivity index (χ4v) is 6.13. The molecule has 0 unspecified atom stereocenters. The third-order valence-corrected chi connectivity index (χ3v) is 8.59. The van der Waals surface area contributed by atoms with Crippen LogP contribution in [0.15, 0.2) is 42.0 Å². The van der Waals surface area contributed by atoms with Crippen LogP contribution >= 0.6 is 0 Å². The topological polar surface area (TPSA) is 147 Å². The van der Waals surface area contributed by atoms with Gasteiger partial charge in [0.1, 0.15) is 23.9 Å². The average molecular weight is 694 g/mol. The van der Waals surface area contributed by atoms with E-state index in [-0.39, 0.29) is 47.8 Å². The van der Waals surface area contributed by atoms with Gasteiger partial charge in [-0.25, -0.2) is 9.59 Å². The quantitative estimate of drug-likeness (QED) is 0.171. The highest BCUT2D eigenvalue weighted by Gasteiger charge is 2.64. The molecule has 2 saturated carbocycles. The molecule has 3 aliphatic carbocycles. The Labute approximate surface area is 282 Å². The standard InChI is InChI=1S/C35H42F3NO10/c1-33(2,3)48-29(42)15-13-24(18-40)39-31(43)21-16-26(30-27(17-21)47-35(49-30,22-9-10-22)23-11-12-23)46-32(44)25-7-5-4-6-20(25)8-14-28(41)45-19-34(36,37)38/h4-8,14,17,22-24,26-27,30,40H,9-13,15-16,18-19H2,1-3H3,(H,39,43)/t24-,26+,27+,30-/m0/s1. The Morgan fingerprint density at radius 2 is 1.73 bits per heavy atom. The van der Waals surface area contributed by atoms with Crippen molar-refractivity contribution in [3.8, 4) is 0 Å². The summed E-state index contributed by atoms with van der Waals surface area (Å²) >= 11 is 0. The maximum atomic E-state index is 13.6. The van der Waals surface area contributed by atoms with Gasteiger partial charge < -0.3 is 34.1 Å². The van der Waals surface area contributed by atoms with Crippen molar-refractivity contribution in [3.05, 3.63) is 53.1 Å². The number of hydrogen-bond acceptors (Lipinski definition) is 10. The van der Waals surface area contributed by atoms with E-state index in [0.29, 0.717) is 0 Å². The number of ether oxygens (including phenoxy) is 5. The molecular formula is C35H42F3NO10. The maximum absolute atomic E-state index is 13.6. The van der Waals surface area contributed by atoms with Crippen LogP contribution in [0.5, 0.6) is 0 Å². The lowest BCUT2D eigenvalue weighted by atomic mass is 9.91. The van der Waals surface area contributed by atoms with Crippen LogP contribution in [0.2, 0.25) is 0 Å². The summed E-state index contributed by atoms with van der Waals surface area (Å²) in [5, 5.41) is 12.7. The molecule has 268 valence electrons. The average Bonchev–Trinajstić information content (AvgIpc) is 3.97. The summed E-state index contributed by atoms with van der Waals surface area (Å²) in [5.41, 5.74) is -0.205. The third-order valence-electron chi connectivity index (χ3n) is 8.59. The monoisotopic (exact) mass is 693 g/mol. The first kappa shape index (κ1) is 36.5. The lowest BCUT2D eigenvalue weighted by Gasteiger charge is -2.31. The number of alkyl halides is 3. The molecule has 3 fully saturated rings. The number of amides is 1. The molecule has 1 amide bonds. The molecule has 4 atom stereocenters. The number of benzene rings is 1. The normalized spacial score (nSPS) is 24.1. The van der Waals surface area contributed by atoms with E-state index in [0.717, 1.165) is 37.8 Å². The molecule has 1 aliphatic heterocycles. The van der Waals surface area contributed by atoms with Crippen LogP contribution in [0.3, 0.4) is 0 Å². The first-order valence-electron chi connectivity index (χ1n) is 16.5. The molecule has 0 spiro atoms. The molecule has 1 aromatic carbocycles. The number of halogens is 3. The zero-order chi connectivity index (χ0) is 35.6. The predicted octanol–water partition coefficient (Wildman–Crippen LogP) is 4.56. The summed E-state index contributed by atoms with van der Waals surface area (Å²) in [6.45, 7) is 3.05. The number of aliphatic hydroxyl groups excluding tert-OH is 1. The van der Waals surface area contributed by atoms with Crippen LogP contribution in [0, 0.1) is 11.8 Å². The maximum Gasteiger partial charge on any atom is 0.422 e. The SMILES string of the molecule is CC(C)(C)OC(=O)CC[C@@H](CO)NC(=O)C1=C[C@H]2OC(C3CC3)(C3CC3)O[C@H]2[C@H](OC(=O)c2ccccc2C=CC(=O)OCC(F)(F)F)C1. The van der Waals surface area contributed by atoms with Gasteiger partial charge in [0, 0.05) is 36.3 Å². The Morgan fingerprint density at radius 3 is 2.35 bits per heavy atom. The minimum absolute atomic E-state index is 0.0246. The van der Waals surface area contributed by atoms with Crippen LogP contribution in [0.1, 0.15) is 81.6 Å². The Balaban J connectivity index is 1.31. The van der Waals surface area contributed by atoms with E-state index >= 15 is 0 Å². The Morgan fingerprint density at radius 1 is 1.06 bits per heavy atom. The Kier molecular flexibility index (Phi) is 10.9. The van der Waals surface area contributed by atoms with E-state index in [4.69, 9.17) is 18.9 Å². The van der Waals surface area contributed by atoms with Gasteiger partial charge in [-0.1, -0.05) is 18.2 Å². The molecule has 1 heterocycles. The van der Waals surface area contributed by atoms with Crippen LogP contribution in [-0.4, -0.2) is 84.1 Å². The van der Waals surface area contributed by atoms with Gasteiger partial charge in [0.15, 0.2) is 12.4 Å². The molecule has 0 aromatic heterocycles.